The molecule has 0 aliphatic carbocycles. The number of alkyl halides is 3. The normalized spacial score (nSPS) is 13.2. The third-order valence-electron chi connectivity index (χ3n) is 2.74. The van der Waals surface area contributed by atoms with Crippen LogP contribution in [-0.2, 0) is 6.18 Å². The summed E-state index contributed by atoms with van der Waals surface area (Å²) in [7, 11) is 0. The molecule has 0 aliphatic heterocycles. The number of rotatable bonds is 3. The number of nitrogens with zero attached hydrogens (tertiary/aromatic N) is 2. The number of pyridine rings is 2. The third-order valence-corrected chi connectivity index (χ3v) is 3.81. The largest absolute Gasteiger partial charge is 0.416 e. The van der Waals surface area contributed by atoms with E-state index in [9.17, 15) is 13.2 Å². The fraction of sp³-hybridized carbons (Fsp3) is 0.167. The summed E-state index contributed by atoms with van der Waals surface area (Å²) in [5, 5.41) is 0. The first-order valence-electron chi connectivity index (χ1n) is 5.62. The molecule has 112 valence electrons. The van der Waals surface area contributed by atoms with Gasteiger partial charge in [-0.25, -0.2) is 5.43 Å². The highest BCUT2D eigenvalue weighted by atomic mass is 79.9. The van der Waals surface area contributed by atoms with E-state index in [4.69, 9.17) is 5.84 Å². The number of halogens is 5. The van der Waals surface area contributed by atoms with Crippen molar-refractivity contribution in [1.29, 1.82) is 0 Å². The summed E-state index contributed by atoms with van der Waals surface area (Å²) >= 11 is 6.50. The number of nitrogens with two attached hydrogens (primary N) is 1. The number of hydrogen-bond donors (Lipinski definition) is 2. The molecule has 0 amide bonds. The van der Waals surface area contributed by atoms with E-state index >= 15 is 0 Å². The van der Waals surface area contributed by atoms with E-state index in [1.165, 1.54) is 6.20 Å². The Morgan fingerprint density at radius 1 is 1.24 bits per heavy atom. The molecule has 1 atom stereocenters. The fourth-order valence-corrected chi connectivity index (χ4v) is 3.06. The maximum atomic E-state index is 13.1. The van der Waals surface area contributed by atoms with Crippen molar-refractivity contribution < 1.29 is 13.2 Å². The standard InChI is InChI=1S/C12H9Br2F3N4/c13-6-3-9(14)11(20-4-6)10(21-18)7-5-19-2-1-8(7)12(15,16)17/h1-5,10,21H,18H2. The Morgan fingerprint density at radius 3 is 2.52 bits per heavy atom. The van der Waals surface area contributed by atoms with Crippen LogP contribution in [0.5, 0.6) is 0 Å². The highest BCUT2D eigenvalue weighted by Crippen LogP contribution is 2.37. The second kappa shape index (κ2) is 6.39. The van der Waals surface area contributed by atoms with Gasteiger partial charge in [0.1, 0.15) is 0 Å². The smallest absolute Gasteiger partial charge is 0.271 e. The molecule has 0 radical (unpaired) electrons. The second-order valence-electron chi connectivity index (χ2n) is 4.08. The van der Waals surface area contributed by atoms with Crippen molar-refractivity contribution in [3.8, 4) is 0 Å². The lowest BCUT2D eigenvalue weighted by atomic mass is 10.00. The molecule has 2 heterocycles. The SMILES string of the molecule is NNC(c1cnccc1C(F)(F)F)c1ncc(Br)cc1Br. The van der Waals surface area contributed by atoms with Gasteiger partial charge >= 0.3 is 6.18 Å². The van der Waals surface area contributed by atoms with E-state index in [1.807, 2.05) is 0 Å². The summed E-state index contributed by atoms with van der Waals surface area (Å²) in [5.74, 6) is 5.44. The molecule has 0 aromatic carbocycles. The van der Waals surface area contributed by atoms with Gasteiger partial charge in [-0.2, -0.15) is 13.2 Å². The Bertz CT molecular complexity index is 649. The van der Waals surface area contributed by atoms with Crippen LogP contribution < -0.4 is 11.3 Å². The number of nitrogens with one attached hydrogen (secondary N) is 1. The van der Waals surface area contributed by atoms with E-state index in [0.717, 1.165) is 18.5 Å². The predicted octanol–water partition coefficient (Wildman–Crippen LogP) is 3.57. The summed E-state index contributed by atoms with van der Waals surface area (Å²) < 4.78 is 40.5. The zero-order valence-corrected chi connectivity index (χ0v) is 13.5. The Kier molecular flexibility index (Phi) is 4.97. The lowest BCUT2D eigenvalue weighted by molar-refractivity contribution is -0.138. The molecule has 0 saturated heterocycles. The summed E-state index contributed by atoms with van der Waals surface area (Å²) in [6.07, 6.45) is -0.809. The van der Waals surface area contributed by atoms with E-state index in [0.29, 0.717) is 14.6 Å². The van der Waals surface area contributed by atoms with Crippen molar-refractivity contribution in [1.82, 2.24) is 15.4 Å². The van der Waals surface area contributed by atoms with Crippen LogP contribution in [0.1, 0.15) is 22.9 Å². The van der Waals surface area contributed by atoms with Gasteiger partial charge in [0.2, 0.25) is 0 Å². The minimum Gasteiger partial charge on any atom is -0.271 e. The third kappa shape index (κ3) is 3.60. The molecular formula is C12H9Br2F3N4. The van der Waals surface area contributed by atoms with E-state index < -0.39 is 17.8 Å². The second-order valence-corrected chi connectivity index (χ2v) is 5.85. The van der Waals surface area contributed by atoms with Crippen molar-refractivity contribution in [2.24, 2.45) is 5.84 Å². The number of hydrazine groups is 1. The highest BCUT2D eigenvalue weighted by molar-refractivity contribution is 9.11. The van der Waals surface area contributed by atoms with Gasteiger partial charge < -0.3 is 0 Å². The maximum absolute atomic E-state index is 13.1. The maximum Gasteiger partial charge on any atom is 0.416 e. The van der Waals surface area contributed by atoms with Crippen LogP contribution >= 0.6 is 31.9 Å². The van der Waals surface area contributed by atoms with Crippen LogP contribution in [0.3, 0.4) is 0 Å². The Morgan fingerprint density at radius 2 is 1.95 bits per heavy atom. The molecule has 0 fully saturated rings. The Labute approximate surface area is 135 Å². The van der Waals surface area contributed by atoms with E-state index in [-0.39, 0.29) is 5.56 Å². The van der Waals surface area contributed by atoms with Gasteiger partial charge in [-0.15, -0.1) is 0 Å². The highest BCUT2D eigenvalue weighted by Gasteiger charge is 2.36. The predicted molar refractivity (Wildman–Crippen MR) is 78.0 cm³/mol. The van der Waals surface area contributed by atoms with Crippen molar-refractivity contribution in [3.63, 3.8) is 0 Å². The first-order valence-corrected chi connectivity index (χ1v) is 7.21. The average molecular weight is 426 g/mol. The minimum absolute atomic E-state index is 0.0944. The molecule has 0 spiro atoms. The molecule has 3 N–H and O–H groups in total. The molecule has 21 heavy (non-hydrogen) atoms. The van der Waals surface area contributed by atoms with Crippen LogP contribution in [0.25, 0.3) is 0 Å². The van der Waals surface area contributed by atoms with Crippen LogP contribution in [0, 0.1) is 0 Å². The van der Waals surface area contributed by atoms with Crippen LogP contribution in [0.2, 0.25) is 0 Å². The summed E-state index contributed by atoms with van der Waals surface area (Å²) in [6, 6.07) is 1.64. The average Bonchev–Trinajstić information content (AvgIpc) is 2.41. The quantitative estimate of drug-likeness (QED) is 0.582. The zero-order chi connectivity index (χ0) is 15.6. The van der Waals surface area contributed by atoms with Gasteiger partial charge in [-0.3, -0.25) is 15.8 Å². The van der Waals surface area contributed by atoms with Crippen molar-refractivity contribution in [3.05, 3.63) is 56.5 Å². The number of aromatic nitrogens is 2. The van der Waals surface area contributed by atoms with Crippen molar-refractivity contribution in [2.45, 2.75) is 12.2 Å². The minimum atomic E-state index is -4.50. The monoisotopic (exact) mass is 424 g/mol. The van der Waals surface area contributed by atoms with Gasteiger partial charge in [0, 0.05) is 33.1 Å². The first-order chi connectivity index (χ1) is 9.84. The lowest BCUT2D eigenvalue weighted by Crippen LogP contribution is -2.31. The van der Waals surface area contributed by atoms with Crippen LogP contribution in [0.4, 0.5) is 13.2 Å². The molecule has 0 aliphatic rings. The van der Waals surface area contributed by atoms with E-state index in [2.05, 4.69) is 47.3 Å². The fourth-order valence-electron chi connectivity index (χ4n) is 1.85. The van der Waals surface area contributed by atoms with Gasteiger partial charge in [-0.05, 0) is 44.0 Å². The molecule has 9 heteroatoms. The van der Waals surface area contributed by atoms with Gasteiger partial charge in [-0.1, -0.05) is 0 Å². The molecule has 2 aromatic rings. The van der Waals surface area contributed by atoms with Gasteiger partial charge in [0.25, 0.3) is 0 Å². The topological polar surface area (TPSA) is 63.8 Å². The molecule has 4 nitrogen and oxygen atoms in total. The first kappa shape index (κ1) is 16.3. The summed E-state index contributed by atoms with van der Waals surface area (Å²) in [6.45, 7) is 0. The molecular weight excluding hydrogens is 417 g/mol. The molecule has 2 aromatic heterocycles. The summed E-state index contributed by atoms with van der Waals surface area (Å²) in [5.41, 5.74) is 1.79. The van der Waals surface area contributed by atoms with Crippen molar-refractivity contribution >= 4 is 31.9 Å². The number of hydrogen-bond acceptors (Lipinski definition) is 4. The molecule has 0 bridgehead atoms. The molecule has 0 saturated carbocycles. The van der Waals surface area contributed by atoms with Gasteiger partial charge in [0.15, 0.2) is 0 Å². The Balaban J connectivity index is 2.57. The van der Waals surface area contributed by atoms with Crippen LogP contribution in [-0.4, -0.2) is 9.97 Å². The Hall–Kier alpha value is -1.03. The van der Waals surface area contributed by atoms with Gasteiger partial charge in [0.05, 0.1) is 17.3 Å². The molecule has 1 unspecified atom stereocenters. The van der Waals surface area contributed by atoms with E-state index in [1.54, 1.807) is 6.07 Å². The zero-order valence-electron chi connectivity index (χ0n) is 10.3. The summed E-state index contributed by atoms with van der Waals surface area (Å²) in [4.78, 5) is 7.87. The lowest BCUT2D eigenvalue weighted by Gasteiger charge is -2.21. The van der Waals surface area contributed by atoms with Crippen LogP contribution in [0.15, 0.2) is 39.7 Å². The van der Waals surface area contributed by atoms with Crippen molar-refractivity contribution in [2.75, 3.05) is 0 Å². The molecule has 2 rings (SSSR count).